The number of ether oxygens (including phenoxy) is 1. The van der Waals surface area contributed by atoms with Crippen LogP contribution >= 0.6 is 0 Å². The Kier molecular flexibility index (Phi) is 3.97. The number of ketones is 1. The molecule has 2 heteroatoms. The lowest BCUT2D eigenvalue weighted by Gasteiger charge is -2.44. The summed E-state index contributed by atoms with van der Waals surface area (Å²) in [6, 6.07) is 20.2. The summed E-state index contributed by atoms with van der Waals surface area (Å²) in [6.07, 6.45) is 6.81. The van der Waals surface area contributed by atoms with Gasteiger partial charge in [0.05, 0.1) is 5.41 Å². The zero-order valence-electron chi connectivity index (χ0n) is 13.8. The Balaban J connectivity index is 1.79. The normalized spacial score (nSPS) is 22.8. The SMILES string of the molecule is O=C1C=C(c2ccccc2)OC(c2ccccc2)C12CCCCC2. The number of benzene rings is 2. The van der Waals surface area contributed by atoms with Gasteiger partial charge < -0.3 is 4.74 Å². The Labute approximate surface area is 143 Å². The Morgan fingerprint density at radius 3 is 2.12 bits per heavy atom. The minimum absolute atomic E-state index is 0.188. The van der Waals surface area contributed by atoms with Crippen LogP contribution in [0, 0.1) is 5.41 Å². The van der Waals surface area contributed by atoms with Gasteiger partial charge in [0.25, 0.3) is 0 Å². The van der Waals surface area contributed by atoms with Crippen LogP contribution in [0.25, 0.3) is 5.76 Å². The minimum atomic E-state index is -0.391. The van der Waals surface area contributed by atoms with Gasteiger partial charge in [0.15, 0.2) is 5.78 Å². The van der Waals surface area contributed by atoms with Gasteiger partial charge in [0, 0.05) is 11.6 Å². The molecular formula is C22H22O2. The van der Waals surface area contributed by atoms with E-state index < -0.39 is 5.41 Å². The molecule has 1 fully saturated rings. The highest BCUT2D eigenvalue weighted by molar-refractivity contribution is 6.01. The molecular weight excluding hydrogens is 296 g/mol. The molecule has 1 unspecified atom stereocenters. The molecule has 1 heterocycles. The molecule has 0 amide bonds. The zero-order valence-corrected chi connectivity index (χ0v) is 13.8. The lowest BCUT2D eigenvalue weighted by molar-refractivity contribution is -0.136. The van der Waals surface area contributed by atoms with Gasteiger partial charge in [-0.25, -0.2) is 0 Å². The second-order valence-corrected chi connectivity index (χ2v) is 6.86. The van der Waals surface area contributed by atoms with Gasteiger partial charge in [-0.2, -0.15) is 0 Å². The van der Waals surface area contributed by atoms with Crippen molar-refractivity contribution in [3.05, 3.63) is 77.9 Å². The Bertz CT molecular complexity index is 740. The van der Waals surface area contributed by atoms with E-state index >= 15 is 0 Å². The van der Waals surface area contributed by atoms with Gasteiger partial charge in [-0.3, -0.25) is 4.79 Å². The van der Waals surface area contributed by atoms with E-state index in [0.717, 1.165) is 36.8 Å². The molecule has 1 saturated carbocycles. The van der Waals surface area contributed by atoms with Crippen LogP contribution in [-0.4, -0.2) is 5.78 Å². The predicted octanol–water partition coefficient (Wildman–Crippen LogP) is 5.32. The highest BCUT2D eigenvalue weighted by Crippen LogP contribution is 2.53. The summed E-state index contributed by atoms with van der Waals surface area (Å²) in [5.74, 6) is 0.937. The maximum atomic E-state index is 13.2. The van der Waals surface area contributed by atoms with Crippen LogP contribution in [0.4, 0.5) is 0 Å². The summed E-state index contributed by atoms with van der Waals surface area (Å²) < 4.78 is 6.46. The number of carbonyl (C=O) groups is 1. The number of carbonyl (C=O) groups excluding carboxylic acids is 1. The maximum absolute atomic E-state index is 13.2. The first-order chi connectivity index (χ1) is 11.8. The van der Waals surface area contributed by atoms with Crippen molar-refractivity contribution in [1.82, 2.24) is 0 Å². The highest BCUT2D eigenvalue weighted by Gasteiger charge is 2.50. The summed E-state index contributed by atoms with van der Waals surface area (Å²) in [4.78, 5) is 13.2. The second-order valence-electron chi connectivity index (χ2n) is 6.86. The molecule has 0 bridgehead atoms. The molecule has 0 aromatic heterocycles. The summed E-state index contributed by atoms with van der Waals surface area (Å²) in [6.45, 7) is 0. The van der Waals surface area contributed by atoms with E-state index in [1.54, 1.807) is 6.08 Å². The number of hydrogen-bond acceptors (Lipinski definition) is 2. The van der Waals surface area contributed by atoms with Gasteiger partial charge in [0.2, 0.25) is 0 Å². The largest absolute Gasteiger partial charge is 0.484 e. The first-order valence-corrected chi connectivity index (χ1v) is 8.83. The minimum Gasteiger partial charge on any atom is -0.484 e. The lowest BCUT2D eigenvalue weighted by Crippen LogP contribution is -2.42. The van der Waals surface area contributed by atoms with E-state index in [2.05, 4.69) is 12.1 Å². The summed E-state index contributed by atoms with van der Waals surface area (Å²) in [7, 11) is 0. The van der Waals surface area contributed by atoms with Crippen molar-refractivity contribution in [3.8, 4) is 0 Å². The van der Waals surface area contributed by atoms with Crippen LogP contribution in [0.5, 0.6) is 0 Å². The molecule has 2 aliphatic rings. The standard InChI is InChI=1S/C22H22O2/c23-20-16-19(17-10-4-1-5-11-17)24-21(18-12-6-2-7-13-18)22(20)14-8-3-9-15-22/h1-2,4-7,10-13,16,21H,3,8-9,14-15H2. The second kappa shape index (κ2) is 6.27. The first-order valence-electron chi connectivity index (χ1n) is 8.83. The quantitative estimate of drug-likeness (QED) is 0.749. The van der Waals surface area contributed by atoms with E-state index in [0.29, 0.717) is 5.76 Å². The van der Waals surface area contributed by atoms with Crippen LogP contribution in [0.1, 0.15) is 49.3 Å². The Morgan fingerprint density at radius 2 is 1.46 bits per heavy atom. The van der Waals surface area contributed by atoms with Gasteiger partial charge in [-0.1, -0.05) is 79.9 Å². The summed E-state index contributed by atoms with van der Waals surface area (Å²) in [5.41, 5.74) is 1.68. The van der Waals surface area contributed by atoms with Crippen molar-refractivity contribution < 1.29 is 9.53 Å². The molecule has 2 aromatic rings. The molecule has 1 spiro atoms. The van der Waals surface area contributed by atoms with Crippen LogP contribution in [0.15, 0.2) is 66.7 Å². The van der Waals surface area contributed by atoms with Gasteiger partial charge >= 0.3 is 0 Å². The van der Waals surface area contributed by atoms with Crippen molar-refractivity contribution in [2.45, 2.75) is 38.2 Å². The van der Waals surface area contributed by atoms with Gasteiger partial charge in [-0.15, -0.1) is 0 Å². The lowest BCUT2D eigenvalue weighted by atomic mass is 9.64. The summed E-state index contributed by atoms with van der Waals surface area (Å²) >= 11 is 0. The molecule has 0 N–H and O–H groups in total. The Hall–Kier alpha value is -2.35. The highest BCUT2D eigenvalue weighted by atomic mass is 16.5. The number of hydrogen-bond donors (Lipinski definition) is 0. The van der Waals surface area contributed by atoms with E-state index in [1.165, 1.54) is 6.42 Å². The molecule has 1 aliphatic carbocycles. The van der Waals surface area contributed by atoms with Crippen LogP contribution in [0.3, 0.4) is 0 Å². The first kappa shape index (κ1) is 15.2. The van der Waals surface area contributed by atoms with Crippen LogP contribution in [-0.2, 0) is 9.53 Å². The molecule has 0 radical (unpaired) electrons. The molecule has 24 heavy (non-hydrogen) atoms. The number of rotatable bonds is 2. The van der Waals surface area contributed by atoms with Crippen molar-refractivity contribution in [2.75, 3.05) is 0 Å². The molecule has 122 valence electrons. The van der Waals surface area contributed by atoms with Crippen LogP contribution < -0.4 is 0 Å². The van der Waals surface area contributed by atoms with E-state index in [4.69, 9.17) is 4.74 Å². The molecule has 1 aliphatic heterocycles. The van der Waals surface area contributed by atoms with Crippen molar-refractivity contribution >= 4 is 11.5 Å². The molecule has 1 atom stereocenters. The topological polar surface area (TPSA) is 26.3 Å². The van der Waals surface area contributed by atoms with Crippen molar-refractivity contribution in [3.63, 3.8) is 0 Å². The fourth-order valence-corrected chi connectivity index (χ4v) is 4.13. The smallest absolute Gasteiger partial charge is 0.169 e. The maximum Gasteiger partial charge on any atom is 0.169 e. The molecule has 4 rings (SSSR count). The average molecular weight is 318 g/mol. The van der Waals surface area contributed by atoms with E-state index in [9.17, 15) is 4.79 Å². The third-order valence-electron chi connectivity index (χ3n) is 5.41. The zero-order chi connectivity index (χ0) is 16.4. The third kappa shape index (κ3) is 2.56. The van der Waals surface area contributed by atoms with Gasteiger partial charge in [-0.05, 0) is 18.4 Å². The van der Waals surface area contributed by atoms with Crippen LogP contribution in [0.2, 0.25) is 0 Å². The molecule has 2 aromatic carbocycles. The average Bonchev–Trinajstić information content (AvgIpc) is 2.66. The third-order valence-corrected chi connectivity index (χ3v) is 5.41. The predicted molar refractivity (Wildman–Crippen MR) is 95.2 cm³/mol. The fraction of sp³-hybridized carbons (Fsp3) is 0.318. The van der Waals surface area contributed by atoms with Crippen molar-refractivity contribution in [1.29, 1.82) is 0 Å². The van der Waals surface area contributed by atoms with Crippen molar-refractivity contribution in [2.24, 2.45) is 5.41 Å². The van der Waals surface area contributed by atoms with E-state index in [1.807, 2.05) is 48.5 Å². The fourth-order valence-electron chi connectivity index (χ4n) is 4.13. The van der Waals surface area contributed by atoms with Gasteiger partial charge in [0.1, 0.15) is 11.9 Å². The molecule has 0 saturated heterocycles. The monoisotopic (exact) mass is 318 g/mol. The summed E-state index contributed by atoms with van der Waals surface area (Å²) in [5, 5.41) is 0. The van der Waals surface area contributed by atoms with E-state index in [-0.39, 0.29) is 11.9 Å². The number of allylic oxidation sites excluding steroid dienone is 1. The molecule has 2 nitrogen and oxygen atoms in total. The Morgan fingerprint density at radius 1 is 0.833 bits per heavy atom.